The highest BCUT2D eigenvalue weighted by atomic mass is 16.5. The Morgan fingerprint density at radius 1 is 1.42 bits per heavy atom. The van der Waals surface area contributed by atoms with Gasteiger partial charge >= 0.3 is 0 Å². The van der Waals surface area contributed by atoms with Gasteiger partial charge in [-0.25, -0.2) is 0 Å². The predicted molar refractivity (Wildman–Crippen MR) is 69.3 cm³/mol. The van der Waals surface area contributed by atoms with E-state index in [9.17, 15) is 0 Å². The second-order valence-electron chi connectivity index (χ2n) is 4.58. The third-order valence-corrected chi connectivity index (χ3v) is 3.17. The summed E-state index contributed by atoms with van der Waals surface area (Å²) in [5, 5.41) is 7.03. The van der Waals surface area contributed by atoms with Crippen LogP contribution in [0, 0.1) is 6.92 Å². The number of likely N-dealkylation sites (N-methyl/N-ethyl adjacent to an activating group) is 1. The summed E-state index contributed by atoms with van der Waals surface area (Å²) in [5.74, 6) is 2.36. The molecule has 0 amide bonds. The lowest BCUT2D eigenvalue weighted by molar-refractivity contribution is 0.247. The molecule has 1 atom stereocenters. The fourth-order valence-electron chi connectivity index (χ4n) is 2.16. The van der Waals surface area contributed by atoms with Crippen LogP contribution in [0.3, 0.4) is 0 Å². The summed E-state index contributed by atoms with van der Waals surface area (Å²) in [4.78, 5) is 0. The second-order valence-corrected chi connectivity index (χ2v) is 4.58. The van der Waals surface area contributed by atoms with Gasteiger partial charge in [-0.3, -0.25) is 0 Å². The summed E-state index contributed by atoms with van der Waals surface area (Å²) in [7, 11) is 1.93. The fraction of sp³-hybridized carbons (Fsp3) is 0.357. The van der Waals surface area contributed by atoms with Crippen LogP contribution in [0.1, 0.15) is 23.1 Å². The number of hydrogen-bond acceptors (Lipinski definition) is 5. The molecule has 0 spiro atoms. The van der Waals surface area contributed by atoms with Crippen LogP contribution in [-0.2, 0) is 6.61 Å². The predicted octanol–water partition coefficient (Wildman–Crippen LogP) is 2.21. The first-order chi connectivity index (χ1) is 9.26. The average molecular weight is 260 g/mol. The molecule has 19 heavy (non-hydrogen) atoms. The summed E-state index contributed by atoms with van der Waals surface area (Å²) in [6.07, 6.45) is 0. The first kappa shape index (κ1) is 12.0. The summed E-state index contributed by atoms with van der Waals surface area (Å²) >= 11 is 0. The van der Waals surface area contributed by atoms with Gasteiger partial charge in [-0.15, -0.1) is 0 Å². The molecule has 1 aromatic carbocycles. The Labute approximate surface area is 111 Å². The number of nitrogens with zero attached hydrogens (tertiary/aromatic N) is 1. The van der Waals surface area contributed by atoms with Crippen molar-refractivity contribution < 1.29 is 14.0 Å². The van der Waals surface area contributed by atoms with Crippen molar-refractivity contribution in [3.05, 3.63) is 41.3 Å². The van der Waals surface area contributed by atoms with E-state index in [1.54, 1.807) is 0 Å². The number of aromatic nitrogens is 1. The quantitative estimate of drug-likeness (QED) is 0.913. The molecule has 0 radical (unpaired) electrons. The van der Waals surface area contributed by atoms with Crippen molar-refractivity contribution in [3.8, 4) is 11.5 Å². The normalized spacial score (nSPS) is 17.1. The number of ether oxygens (including phenoxy) is 2. The van der Waals surface area contributed by atoms with E-state index in [0.29, 0.717) is 19.0 Å². The highest BCUT2D eigenvalue weighted by molar-refractivity contribution is 5.45. The van der Waals surface area contributed by atoms with Gasteiger partial charge in [0.25, 0.3) is 0 Å². The van der Waals surface area contributed by atoms with E-state index in [1.807, 2.05) is 38.2 Å². The molecule has 0 bridgehead atoms. The maximum absolute atomic E-state index is 5.67. The highest BCUT2D eigenvalue weighted by Gasteiger charge is 2.22. The van der Waals surface area contributed by atoms with Crippen LogP contribution in [0.25, 0.3) is 0 Å². The standard InChI is InChI=1S/C14H16N2O3/c1-9-5-11(19-16-9)7-17-10-3-4-12-13(15-2)8-18-14(12)6-10/h3-6,13,15H,7-8H2,1-2H3. The molecule has 0 aliphatic carbocycles. The van der Waals surface area contributed by atoms with Crippen LogP contribution in [0.15, 0.2) is 28.8 Å². The number of benzene rings is 1. The molecule has 5 nitrogen and oxygen atoms in total. The molecule has 1 aliphatic rings. The fourth-order valence-corrected chi connectivity index (χ4v) is 2.16. The van der Waals surface area contributed by atoms with Gasteiger partial charge in [0.05, 0.1) is 11.7 Å². The molecule has 2 heterocycles. The van der Waals surface area contributed by atoms with E-state index in [2.05, 4.69) is 10.5 Å². The molecule has 1 N–H and O–H groups in total. The molecule has 0 fully saturated rings. The Morgan fingerprint density at radius 2 is 2.32 bits per heavy atom. The molecule has 1 aromatic heterocycles. The third-order valence-electron chi connectivity index (χ3n) is 3.17. The Hall–Kier alpha value is -2.01. The lowest BCUT2D eigenvalue weighted by Gasteiger charge is -2.07. The Morgan fingerprint density at radius 3 is 3.05 bits per heavy atom. The van der Waals surface area contributed by atoms with E-state index >= 15 is 0 Å². The molecule has 0 saturated carbocycles. The van der Waals surface area contributed by atoms with Gasteiger partial charge in [0.2, 0.25) is 0 Å². The van der Waals surface area contributed by atoms with E-state index in [-0.39, 0.29) is 6.04 Å². The van der Waals surface area contributed by atoms with Gasteiger partial charge in [-0.1, -0.05) is 5.16 Å². The molecule has 3 rings (SSSR count). The molecule has 5 heteroatoms. The Balaban J connectivity index is 1.69. The lowest BCUT2D eigenvalue weighted by atomic mass is 10.1. The van der Waals surface area contributed by atoms with Crippen LogP contribution < -0.4 is 14.8 Å². The molecular weight excluding hydrogens is 244 g/mol. The minimum Gasteiger partial charge on any atom is -0.491 e. The van der Waals surface area contributed by atoms with Crippen LogP contribution in [0.2, 0.25) is 0 Å². The Kier molecular flexibility index (Phi) is 3.13. The zero-order valence-electron chi connectivity index (χ0n) is 11.0. The van der Waals surface area contributed by atoms with Crippen LogP contribution >= 0.6 is 0 Å². The highest BCUT2D eigenvalue weighted by Crippen LogP contribution is 2.35. The summed E-state index contributed by atoms with van der Waals surface area (Å²) < 4.78 is 16.4. The van der Waals surface area contributed by atoms with Gasteiger partial charge < -0.3 is 19.3 Å². The van der Waals surface area contributed by atoms with Crippen molar-refractivity contribution in [2.45, 2.75) is 19.6 Å². The van der Waals surface area contributed by atoms with E-state index in [1.165, 1.54) is 5.56 Å². The molecule has 1 aliphatic heterocycles. The van der Waals surface area contributed by atoms with Gasteiger partial charge in [0, 0.05) is 17.7 Å². The smallest absolute Gasteiger partial charge is 0.174 e. The van der Waals surface area contributed by atoms with Gasteiger partial charge in [-0.2, -0.15) is 0 Å². The van der Waals surface area contributed by atoms with Gasteiger partial charge in [0.15, 0.2) is 5.76 Å². The molecule has 1 unspecified atom stereocenters. The Bertz CT molecular complexity index is 580. The van der Waals surface area contributed by atoms with Crippen LogP contribution in [0.5, 0.6) is 11.5 Å². The SMILES string of the molecule is CNC1COc2cc(OCc3cc(C)no3)ccc21. The van der Waals surface area contributed by atoms with E-state index in [4.69, 9.17) is 14.0 Å². The average Bonchev–Trinajstić information content (AvgIpc) is 3.01. The summed E-state index contributed by atoms with van der Waals surface area (Å²) in [6, 6.07) is 8.02. The number of fused-ring (bicyclic) bond motifs is 1. The van der Waals surface area contributed by atoms with Gasteiger partial charge in [-0.05, 0) is 26.1 Å². The zero-order valence-corrected chi connectivity index (χ0v) is 11.0. The lowest BCUT2D eigenvalue weighted by Crippen LogP contribution is -2.17. The van der Waals surface area contributed by atoms with Gasteiger partial charge in [0.1, 0.15) is 24.7 Å². The minimum absolute atomic E-state index is 0.265. The maximum atomic E-state index is 5.67. The number of aryl methyl sites for hydroxylation is 1. The van der Waals surface area contributed by atoms with Crippen molar-refractivity contribution in [2.75, 3.05) is 13.7 Å². The van der Waals surface area contributed by atoms with E-state index in [0.717, 1.165) is 17.2 Å². The maximum Gasteiger partial charge on any atom is 0.174 e. The van der Waals surface area contributed by atoms with Crippen molar-refractivity contribution in [3.63, 3.8) is 0 Å². The minimum atomic E-state index is 0.265. The third kappa shape index (κ3) is 2.42. The van der Waals surface area contributed by atoms with Crippen molar-refractivity contribution in [1.29, 1.82) is 0 Å². The van der Waals surface area contributed by atoms with Crippen LogP contribution in [-0.4, -0.2) is 18.8 Å². The summed E-state index contributed by atoms with van der Waals surface area (Å²) in [6.45, 7) is 2.92. The van der Waals surface area contributed by atoms with Crippen molar-refractivity contribution >= 4 is 0 Å². The number of hydrogen-bond donors (Lipinski definition) is 1. The van der Waals surface area contributed by atoms with Crippen molar-refractivity contribution in [1.82, 2.24) is 10.5 Å². The second kappa shape index (κ2) is 4.93. The van der Waals surface area contributed by atoms with Crippen LogP contribution in [0.4, 0.5) is 0 Å². The first-order valence-electron chi connectivity index (χ1n) is 6.25. The summed E-state index contributed by atoms with van der Waals surface area (Å²) in [5.41, 5.74) is 2.03. The zero-order chi connectivity index (χ0) is 13.2. The molecule has 2 aromatic rings. The van der Waals surface area contributed by atoms with E-state index < -0.39 is 0 Å². The topological polar surface area (TPSA) is 56.5 Å². The van der Waals surface area contributed by atoms with Crippen molar-refractivity contribution in [2.24, 2.45) is 0 Å². The first-order valence-corrected chi connectivity index (χ1v) is 6.25. The number of rotatable bonds is 4. The monoisotopic (exact) mass is 260 g/mol. The largest absolute Gasteiger partial charge is 0.491 e. The molecule has 0 saturated heterocycles. The molecule has 100 valence electrons. The number of nitrogens with one attached hydrogen (secondary N) is 1. The molecular formula is C14H16N2O3.